The van der Waals surface area contributed by atoms with Crippen LogP contribution >= 0.6 is 0 Å². The van der Waals surface area contributed by atoms with Crippen LogP contribution in [0.25, 0.3) is 0 Å². The van der Waals surface area contributed by atoms with Crippen LogP contribution in [0.4, 0.5) is 13.2 Å². The van der Waals surface area contributed by atoms with E-state index in [9.17, 15) is 13.2 Å². The molecular formula is C12H15F3. The Morgan fingerprint density at radius 1 is 1.13 bits per heavy atom. The zero-order valence-corrected chi connectivity index (χ0v) is 9.15. The van der Waals surface area contributed by atoms with Crippen LogP contribution in [-0.2, 0) is 12.6 Å². The topological polar surface area (TPSA) is 0 Å². The molecule has 0 atom stereocenters. The van der Waals surface area contributed by atoms with E-state index in [0.29, 0.717) is 17.9 Å². The molecule has 0 saturated heterocycles. The minimum Gasteiger partial charge on any atom is -0.166 e. The van der Waals surface area contributed by atoms with Gasteiger partial charge in [-0.2, -0.15) is 13.2 Å². The van der Waals surface area contributed by atoms with E-state index in [1.54, 1.807) is 6.92 Å². The van der Waals surface area contributed by atoms with Crippen molar-refractivity contribution in [2.45, 2.75) is 33.4 Å². The monoisotopic (exact) mass is 216 g/mol. The molecule has 84 valence electrons. The van der Waals surface area contributed by atoms with Gasteiger partial charge in [-0.1, -0.05) is 25.5 Å². The minimum absolute atomic E-state index is 0.368. The van der Waals surface area contributed by atoms with Crippen LogP contribution in [-0.4, -0.2) is 0 Å². The summed E-state index contributed by atoms with van der Waals surface area (Å²) in [4.78, 5) is 0. The Balaban J connectivity index is 3.06. The molecule has 0 heterocycles. The normalized spacial score (nSPS) is 12.2. The summed E-state index contributed by atoms with van der Waals surface area (Å²) in [6, 6.07) is 4.24. The van der Waals surface area contributed by atoms with E-state index in [0.717, 1.165) is 5.56 Å². The molecule has 1 aromatic carbocycles. The first-order chi connectivity index (χ1) is 6.79. The van der Waals surface area contributed by atoms with Crippen LogP contribution in [0.1, 0.15) is 30.5 Å². The number of rotatable bonds is 2. The molecule has 3 heteroatoms. The number of halogens is 3. The Bertz CT molecular complexity index is 337. The Labute approximate surface area is 88.1 Å². The second kappa shape index (κ2) is 4.25. The third kappa shape index (κ3) is 3.57. The summed E-state index contributed by atoms with van der Waals surface area (Å²) in [6.45, 7) is 5.68. The maximum Gasteiger partial charge on any atom is 0.416 e. The van der Waals surface area contributed by atoms with Crippen molar-refractivity contribution in [3.05, 3.63) is 34.9 Å². The van der Waals surface area contributed by atoms with Gasteiger partial charge in [0.05, 0.1) is 5.56 Å². The molecule has 0 radical (unpaired) electrons. The second-order valence-electron chi connectivity index (χ2n) is 4.30. The molecule has 0 aliphatic heterocycles. The molecule has 0 N–H and O–H groups in total. The van der Waals surface area contributed by atoms with Crippen molar-refractivity contribution in [3.63, 3.8) is 0 Å². The quantitative estimate of drug-likeness (QED) is 0.694. The first kappa shape index (κ1) is 12.1. The van der Waals surface area contributed by atoms with E-state index in [1.807, 2.05) is 19.9 Å². The predicted octanol–water partition coefficient (Wildman–Crippen LogP) is 4.21. The van der Waals surface area contributed by atoms with E-state index in [1.165, 1.54) is 12.1 Å². The largest absolute Gasteiger partial charge is 0.416 e. The molecule has 0 fully saturated rings. The Morgan fingerprint density at radius 2 is 1.73 bits per heavy atom. The highest BCUT2D eigenvalue weighted by atomic mass is 19.4. The molecule has 0 aliphatic rings. The predicted molar refractivity (Wildman–Crippen MR) is 54.7 cm³/mol. The van der Waals surface area contributed by atoms with Gasteiger partial charge in [-0.05, 0) is 37.0 Å². The van der Waals surface area contributed by atoms with Crippen LogP contribution in [0.3, 0.4) is 0 Å². The smallest absolute Gasteiger partial charge is 0.166 e. The number of alkyl halides is 3. The highest BCUT2D eigenvalue weighted by molar-refractivity contribution is 5.31. The maximum atomic E-state index is 12.5. The zero-order chi connectivity index (χ0) is 11.6. The lowest BCUT2D eigenvalue weighted by Crippen LogP contribution is -2.07. The molecule has 0 aromatic heterocycles. The molecule has 0 bridgehead atoms. The molecule has 0 saturated carbocycles. The Kier molecular flexibility index (Phi) is 3.42. The van der Waals surface area contributed by atoms with Gasteiger partial charge in [0.15, 0.2) is 0 Å². The van der Waals surface area contributed by atoms with E-state index < -0.39 is 11.7 Å². The van der Waals surface area contributed by atoms with Crippen molar-refractivity contribution in [3.8, 4) is 0 Å². The Hall–Kier alpha value is -0.990. The van der Waals surface area contributed by atoms with Crippen molar-refractivity contribution in [2.75, 3.05) is 0 Å². The average Bonchev–Trinajstić information content (AvgIpc) is 1.99. The summed E-state index contributed by atoms with van der Waals surface area (Å²) < 4.78 is 37.5. The standard InChI is InChI=1S/C12H15F3/c1-8(2)4-10-5-9(3)6-11(7-10)12(13,14)15/h5-8H,4H2,1-3H3. The van der Waals surface area contributed by atoms with E-state index in [-0.39, 0.29) is 0 Å². The van der Waals surface area contributed by atoms with Gasteiger partial charge < -0.3 is 0 Å². The summed E-state index contributed by atoms with van der Waals surface area (Å²) in [6.07, 6.45) is -3.55. The van der Waals surface area contributed by atoms with Crippen molar-refractivity contribution in [2.24, 2.45) is 5.92 Å². The lowest BCUT2D eigenvalue weighted by atomic mass is 9.98. The molecular weight excluding hydrogens is 201 g/mol. The summed E-state index contributed by atoms with van der Waals surface area (Å²) in [7, 11) is 0. The molecule has 1 rings (SSSR count). The van der Waals surface area contributed by atoms with E-state index in [2.05, 4.69) is 0 Å². The summed E-state index contributed by atoms with van der Waals surface area (Å²) in [5.41, 5.74) is 0.885. The fourth-order valence-corrected chi connectivity index (χ4v) is 1.62. The van der Waals surface area contributed by atoms with Gasteiger partial charge in [-0.3, -0.25) is 0 Å². The molecule has 0 spiro atoms. The SMILES string of the molecule is Cc1cc(CC(C)C)cc(C(F)(F)F)c1. The van der Waals surface area contributed by atoms with Crippen molar-refractivity contribution in [1.29, 1.82) is 0 Å². The van der Waals surface area contributed by atoms with Gasteiger partial charge >= 0.3 is 6.18 Å². The third-order valence-electron chi connectivity index (χ3n) is 2.11. The molecule has 15 heavy (non-hydrogen) atoms. The first-order valence-corrected chi connectivity index (χ1v) is 4.97. The average molecular weight is 216 g/mol. The lowest BCUT2D eigenvalue weighted by molar-refractivity contribution is -0.137. The van der Waals surface area contributed by atoms with Gasteiger partial charge in [0.25, 0.3) is 0 Å². The first-order valence-electron chi connectivity index (χ1n) is 4.97. The van der Waals surface area contributed by atoms with Gasteiger partial charge in [0.1, 0.15) is 0 Å². The zero-order valence-electron chi connectivity index (χ0n) is 9.15. The number of hydrogen-bond acceptors (Lipinski definition) is 0. The van der Waals surface area contributed by atoms with Crippen molar-refractivity contribution < 1.29 is 13.2 Å². The van der Waals surface area contributed by atoms with Crippen LogP contribution in [0.2, 0.25) is 0 Å². The summed E-state index contributed by atoms with van der Waals surface area (Å²) in [5.74, 6) is 0.368. The van der Waals surface area contributed by atoms with Crippen LogP contribution in [0.15, 0.2) is 18.2 Å². The number of benzene rings is 1. The van der Waals surface area contributed by atoms with Crippen LogP contribution < -0.4 is 0 Å². The highest BCUT2D eigenvalue weighted by Crippen LogP contribution is 2.31. The Morgan fingerprint density at radius 3 is 2.20 bits per heavy atom. The fourth-order valence-electron chi connectivity index (χ4n) is 1.62. The molecule has 0 nitrogen and oxygen atoms in total. The van der Waals surface area contributed by atoms with Gasteiger partial charge in [-0.15, -0.1) is 0 Å². The second-order valence-corrected chi connectivity index (χ2v) is 4.30. The van der Waals surface area contributed by atoms with Crippen molar-refractivity contribution in [1.82, 2.24) is 0 Å². The van der Waals surface area contributed by atoms with Crippen LogP contribution in [0, 0.1) is 12.8 Å². The maximum absolute atomic E-state index is 12.5. The molecule has 0 aliphatic carbocycles. The van der Waals surface area contributed by atoms with Gasteiger partial charge in [0, 0.05) is 0 Å². The molecule has 0 amide bonds. The number of hydrogen-bond donors (Lipinski definition) is 0. The van der Waals surface area contributed by atoms with E-state index >= 15 is 0 Å². The van der Waals surface area contributed by atoms with Gasteiger partial charge in [0.2, 0.25) is 0 Å². The van der Waals surface area contributed by atoms with Crippen LogP contribution in [0.5, 0.6) is 0 Å². The molecule has 1 aromatic rings. The fraction of sp³-hybridized carbons (Fsp3) is 0.500. The lowest BCUT2D eigenvalue weighted by Gasteiger charge is -2.11. The molecule has 0 unspecified atom stereocenters. The summed E-state index contributed by atoms with van der Waals surface area (Å²) >= 11 is 0. The highest BCUT2D eigenvalue weighted by Gasteiger charge is 2.30. The minimum atomic E-state index is -4.24. The van der Waals surface area contributed by atoms with Crippen molar-refractivity contribution >= 4 is 0 Å². The van der Waals surface area contributed by atoms with Gasteiger partial charge in [-0.25, -0.2) is 0 Å². The third-order valence-corrected chi connectivity index (χ3v) is 2.11. The number of aryl methyl sites for hydroxylation is 1. The summed E-state index contributed by atoms with van der Waals surface area (Å²) in [5, 5.41) is 0. The van der Waals surface area contributed by atoms with E-state index in [4.69, 9.17) is 0 Å².